The molecule has 245 valence electrons. The zero-order chi connectivity index (χ0) is 34.6. The van der Waals surface area contributed by atoms with Gasteiger partial charge in [0.25, 0.3) is 0 Å². The fourth-order valence-electron chi connectivity index (χ4n) is 4.76. The van der Waals surface area contributed by atoms with Crippen LogP contribution in [0, 0.1) is 0 Å². The molecule has 3 aromatic heterocycles. The largest absolute Gasteiger partial charge is 3.00 e. The molecule has 0 saturated heterocycles. The predicted molar refractivity (Wildman–Crippen MR) is 158 cm³/mol. The van der Waals surface area contributed by atoms with Gasteiger partial charge < -0.3 is 44.7 Å². The average Bonchev–Trinajstić information content (AvgIpc) is 3.92. The van der Waals surface area contributed by atoms with Crippen molar-refractivity contribution in [1.82, 2.24) is 29.9 Å². The Balaban J connectivity index is 0.000000197. The second-order valence-corrected chi connectivity index (χ2v) is 9.66. The topological polar surface area (TPSA) is 258 Å². The summed E-state index contributed by atoms with van der Waals surface area (Å²) < 4.78 is 0. The third-order valence-electron chi connectivity index (χ3n) is 6.93. The van der Waals surface area contributed by atoms with Crippen molar-refractivity contribution >= 4 is 35.7 Å². The SMILES string of the molecule is O=C=C1C(C(=O)[O-])=CC=CC1c1ncc[nH]1.O=C=C1C(C(=O)[O-])=CC=CC1c1ncc[nH]1.O=C=C1C(C(=O)[O-])=CC=CC1c1ncc[nH]1.[Fe+3]. The molecule has 3 unspecified atom stereocenters. The second kappa shape index (κ2) is 17.3. The van der Waals surface area contributed by atoms with Gasteiger partial charge in [-0.05, 0) is 0 Å². The molecule has 3 N–H and O–H groups in total. The number of aromatic nitrogens is 6. The Morgan fingerprint density at radius 2 is 0.796 bits per heavy atom. The first-order chi connectivity index (χ1) is 23.2. The second-order valence-electron chi connectivity index (χ2n) is 9.66. The van der Waals surface area contributed by atoms with Crippen molar-refractivity contribution in [3.8, 4) is 0 Å². The van der Waals surface area contributed by atoms with E-state index in [2.05, 4.69) is 29.9 Å². The number of nitrogens with one attached hydrogen (secondary N) is 3. The summed E-state index contributed by atoms with van der Waals surface area (Å²) in [5, 5.41) is 32.4. The molecule has 0 saturated carbocycles. The molecule has 1 radical (unpaired) electrons. The molecule has 0 bridgehead atoms. The molecule has 0 aromatic carbocycles. The summed E-state index contributed by atoms with van der Waals surface area (Å²) in [7, 11) is 0. The summed E-state index contributed by atoms with van der Waals surface area (Å²) in [5.41, 5.74) is -0.385. The number of hydrogen-bond acceptors (Lipinski definition) is 12. The van der Waals surface area contributed by atoms with Gasteiger partial charge in [0.1, 0.15) is 35.3 Å². The van der Waals surface area contributed by atoms with E-state index in [1.165, 1.54) is 36.8 Å². The number of carbonyl (C=O) groups excluding carboxylic acids is 6. The molecule has 0 aliphatic heterocycles. The van der Waals surface area contributed by atoms with Crippen LogP contribution in [0.3, 0.4) is 0 Å². The number of hydrogen-bond donors (Lipinski definition) is 3. The molecular weight excluding hydrogens is 680 g/mol. The Morgan fingerprint density at radius 3 is 0.980 bits per heavy atom. The maximum absolute atomic E-state index is 10.8. The number of aliphatic carboxylic acids is 3. The third kappa shape index (κ3) is 8.59. The van der Waals surface area contributed by atoms with Crippen LogP contribution in [0.2, 0.25) is 0 Å². The molecular formula is C33H21FeN6O9. The summed E-state index contributed by atoms with van der Waals surface area (Å²) in [6, 6.07) is 0. The van der Waals surface area contributed by atoms with Crippen molar-refractivity contribution in [2.24, 2.45) is 0 Å². The van der Waals surface area contributed by atoms with Gasteiger partial charge in [0.15, 0.2) is 0 Å². The Bertz CT molecular complexity index is 1800. The first-order valence-electron chi connectivity index (χ1n) is 13.7. The molecule has 6 rings (SSSR count). The van der Waals surface area contributed by atoms with Crippen LogP contribution in [0.5, 0.6) is 0 Å². The minimum absolute atomic E-state index is 0. The first-order valence-corrected chi connectivity index (χ1v) is 13.7. The van der Waals surface area contributed by atoms with E-state index in [1.54, 1.807) is 72.9 Å². The Labute approximate surface area is 286 Å². The number of carbonyl (C=O) groups is 3. The first kappa shape index (κ1) is 36.8. The molecule has 3 aromatic rings. The quantitative estimate of drug-likeness (QED) is 0.196. The van der Waals surface area contributed by atoms with Gasteiger partial charge in [0, 0.05) is 53.9 Å². The van der Waals surface area contributed by atoms with E-state index < -0.39 is 35.7 Å². The van der Waals surface area contributed by atoms with Crippen molar-refractivity contribution in [2.45, 2.75) is 17.8 Å². The number of carboxylic acid groups (broad SMARTS) is 3. The normalized spacial score (nSPS) is 18.7. The zero-order valence-corrected chi connectivity index (χ0v) is 25.9. The molecule has 0 spiro atoms. The van der Waals surface area contributed by atoms with E-state index >= 15 is 0 Å². The van der Waals surface area contributed by atoms with Gasteiger partial charge in [-0.15, -0.1) is 0 Å². The molecule has 3 aliphatic carbocycles. The van der Waals surface area contributed by atoms with E-state index in [0.717, 1.165) is 0 Å². The van der Waals surface area contributed by atoms with E-state index in [1.807, 2.05) is 0 Å². The molecule has 3 atom stereocenters. The van der Waals surface area contributed by atoms with Gasteiger partial charge >= 0.3 is 17.1 Å². The molecule has 3 aliphatic rings. The minimum Gasteiger partial charge on any atom is -0.545 e. The number of nitrogens with zero attached hydrogens (tertiary/aromatic N) is 3. The molecule has 3 heterocycles. The molecule has 0 amide bonds. The maximum atomic E-state index is 10.8. The van der Waals surface area contributed by atoms with Crippen LogP contribution in [-0.4, -0.2) is 65.6 Å². The van der Waals surface area contributed by atoms with Crippen LogP contribution in [0.4, 0.5) is 0 Å². The van der Waals surface area contributed by atoms with E-state index in [0.29, 0.717) is 17.5 Å². The van der Waals surface area contributed by atoms with Gasteiger partial charge in [0.2, 0.25) is 0 Å². The molecule has 49 heavy (non-hydrogen) atoms. The van der Waals surface area contributed by atoms with E-state index in [9.17, 15) is 44.1 Å². The molecule has 0 fully saturated rings. The number of imidazole rings is 3. The molecule has 16 heteroatoms. The monoisotopic (exact) mass is 701 g/mol. The summed E-state index contributed by atoms with van der Waals surface area (Å²) in [6.07, 6.45) is 23.0. The third-order valence-corrected chi connectivity index (χ3v) is 6.93. The Hall–Kier alpha value is -6.65. The molecule has 15 nitrogen and oxygen atoms in total. The van der Waals surface area contributed by atoms with Crippen molar-refractivity contribution in [2.75, 3.05) is 0 Å². The van der Waals surface area contributed by atoms with Crippen molar-refractivity contribution < 1.29 is 61.2 Å². The van der Waals surface area contributed by atoms with Crippen LogP contribution in [0.25, 0.3) is 0 Å². The van der Waals surface area contributed by atoms with Crippen molar-refractivity contribution in [1.29, 1.82) is 0 Å². The van der Waals surface area contributed by atoms with Crippen LogP contribution >= 0.6 is 0 Å². The Morgan fingerprint density at radius 1 is 0.531 bits per heavy atom. The fourth-order valence-corrected chi connectivity index (χ4v) is 4.76. The smallest absolute Gasteiger partial charge is 0.545 e. The summed E-state index contributed by atoms with van der Waals surface area (Å²) in [5.74, 6) is 0.729. The van der Waals surface area contributed by atoms with Gasteiger partial charge in [-0.2, -0.15) is 0 Å². The van der Waals surface area contributed by atoms with Gasteiger partial charge in [-0.25, -0.2) is 29.3 Å². The fraction of sp³-hybridized carbons (Fsp3) is 0.0909. The summed E-state index contributed by atoms with van der Waals surface area (Å²) in [6.45, 7) is 0. The summed E-state index contributed by atoms with van der Waals surface area (Å²) in [4.78, 5) is 85.3. The average molecular weight is 701 g/mol. The van der Waals surface area contributed by atoms with Gasteiger partial charge in [-0.1, -0.05) is 54.7 Å². The maximum Gasteiger partial charge on any atom is 3.00 e. The van der Waals surface area contributed by atoms with Crippen LogP contribution in [-0.2, 0) is 45.8 Å². The number of H-pyrrole nitrogens is 3. The number of rotatable bonds is 6. The summed E-state index contributed by atoms with van der Waals surface area (Å²) >= 11 is 0. The van der Waals surface area contributed by atoms with E-state index in [4.69, 9.17) is 0 Å². The predicted octanol–water partition coefficient (Wildman–Crippen LogP) is -1.51. The van der Waals surface area contributed by atoms with Crippen molar-refractivity contribution in [3.63, 3.8) is 0 Å². The van der Waals surface area contributed by atoms with Gasteiger partial charge in [0.05, 0.1) is 52.4 Å². The van der Waals surface area contributed by atoms with Gasteiger partial charge in [-0.3, -0.25) is 0 Å². The zero-order valence-electron chi connectivity index (χ0n) is 24.8. The number of allylic oxidation sites excluding steroid dienone is 9. The number of carboxylic acids is 3. The van der Waals surface area contributed by atoms with Crippen molar-refractivity contribution in [3.05, 3.63) is 143 Å². The van der Waals surface area contributed by atoms with Crippen LogP contribution in [0.15, 0.2) is 125 Å². The van der Waals surface area contributed by atoms with Crippen LogP contribution in [0.1, 0.15) is 35.2 Å². The minimum atomic E-state index is -1.39. The standard InChI is InChI=1S/3C11H8N2O3.Fe/c3*14-6-9-7(10-12-4-5-13-10)2-1-3-8(9)11(15)16;/h3*1-5,7H,(H,12,13)(H,15,16);/q;;;+3/p-3. The number of aromatic amines is 3. The van der Waals surface area contributed by atoms with E-state index in [-0.39, 0.29) is 50.5 Å². The van der Waals surface area contributed by atoms with Crippen LogP contribution < -0.4 is 15.3 Å². The Kier molecular flexibility index (Phi) is 13.0.